The summed E-state index contributed by atoms with van der Waals surface area (Å²) in [6, 6.07) is 8.00. The molecule has 2 atom stereocenters. The second kappa shape index (κ2) is 7.94. The Morgan fingerprint density at radius 2 is 1.79 bits per heavy atom. The first-order valence-electron chi connectivity index (χ1n) is 9.96. The first-order valence-corrected chi connectivity index (χ1v) is 10.3. The predicted molar refractivity (Wildman–Crippen MR) is 108 cm³/mol. The molecule has 3 rings (SSSR count). The summed E-state index contributed by atoms with van der Waals surface area (Å²) in [6.07, 6.45) is 2.97. The smallest absolute Gasteiger partial charge is 0.410 e. The highest BCUT2D eigenvalue weighted by molar-refractivity contribution is 6.30. The fourth-order valence-corrected chi connectivity index (χ4v) is 4.77. The van der Waals surface area contributed by atoms with Crippen molar-refractivity contribution < 1.29 is 19.1 Å². The Labute approximate surface area is 172 Å². The molecule has 0 bridgehead atoms. The maximum atomic E-state index is 12.4. The first-order chi connectivity index (χ1) is 13.2. The van der Waals surface area contributed by atoms with Gasteiger partial charge in [0.1, 0.15) is 5.60 Å². The SMILES string of the molecule is COC(=O)C[C@H]1C[C@]1(c1ccc(Cl)cc1)C1CCN(C(=O)OC(C)(C)C)CC1. The van der Waals surface area contributed by atoms with Crippen molar-refractivity contribution in [2.75, 3.05) is 20.2 Å². The third kappa shape index (κ3) is 4.45. The molecule has 1 aromatic rings. The van der Waals surface area contributed by atoms with E-state index in [0.29, 0.717) is 30.5 Å². The van der Waals surface area contributed by atoms with Crippen LogP contribution < -0.4 is 0 Å². The van der Waals surface area contributed by atoms with Gasteiger partial charge in [0.2, 0.25) is 0 Å². The van der Waals surface area contributed by atoms with E-state index in [2.05, 4.69) is 12.1 Å². The van der Waals surface area contributed by atoms with Crippen molar-refractivity contribution in [3.63, 3.8) is 0 Å². The van der Waals surface area contributed by atoms with Gasteiger partial charge in [-0.25, -0.2) is 4.79 Å². The van der Waals surface area contributed by atoms with Crippen LogP contribution in [0, 0.1) is 11.8 Å². The van der Waals surface area contributed by atoms with Crippen LogP contribution in [0.3, 0.4) is 0 Å². The van der Waals surface area contributed by atoms with Crippen LogP contribution in [0.5, 0.6) is 0 Å². The van der Waals surface area contributed by atoms with Gasteiger partial charge in [0.05, 0.1) is 7.11 Å². The van der Waals surface area contributed by atoms with E-state index in [1.807, 2.05) is 32.9 Å². The maximum absolute atomic E-state index is 12.4. The van der Waals surface area contributed by atoms with Gasteiger partial charge in [-0.2, -0.15) is 0 Å². The second-order valence-corrected chi connectivity index (χ2v) is 9.41. The lowest BCUT2D eigenvalue weighted by Gasteiger charge is -2.38. The van der Waals surface area contributed by atoms with Crippen LogP contribution in [-0.4, -0.2) is 42.8 Å². The summed E-state index contributed by atoms with van der Waals surface area (Å²) < 4.78 is 10.4. The van der Waals surface area contributed by atoms with E-state index in [1.165, 1.54) is 12.7 Å². The van der Waals surface area contributed by atoms with Crippen molar-refractivity contribution in [3.05, 3.63) is 34.9 Å². The topological polar surface area (TPSA) is 55.8 Å². The van der Waals surface area contributed by atoms with E-state index in [9.17, 15) is 9.59 Å². The Kier molecular flexibility index (Phi) is 5.95. The minimum Gasteiger partial charge on any atom is -0.469 e. The Balaban J connectivity index is 1.72. The summed E-state index contributed by atoms with van der Waals surface area (Å²) in [5.41, 5.74) is 0.723. The van der Waals surface area contributed by atoms with E-state index < -0.39 is 5.60 Å². The minimum absolute atomic E-state index is 0.0290. The van der Waals surface area contributed by atoms with Crippen molar-refractivity contribution in [1.82, 2.24) is 4.90 Å². The summed E-state index contributed by atoms with van der Waals surface area (Å²) in [5.74, 6) is 0.535. The fraction of sp³-hybridized carbons (Fsp3) is 0.636. The number of piperidine rings is 1. The number of carbonyl (C=O) groups excluding carboxylic acids is 2. The van der Waals surface area contributed by atoms with E-state index in [4.69, 9.17) is 21.1 Å². The molecule has 6 heteroatoms. The fourth-order valence-electron chi connectivity index (χ4n) is 4.64. The Hall–Kier alpha value is -1.75. The van der Waals surface area contributed by atoms with Crippen molar-refractivity contribution in [2.24, 2.45) is 11.8 Å². The number of carbonyl (C=O) groups is 2. The molecule has 0 aromatic heterocycles. The van der Waals surface area contributed by atoms with E-state index in [-0.39, 0.29) is 23.4 Å². The Bertz CT molecular complexity index is 719. The number of nitrogens with zero attached hydrogens (tertiary/aromatic N) is 1. The van der Waals surface area contributed by atoms with Gasteiger partial charge in [-0.15, -0.1) is 0 Å². The standard InChI is InChI=1S/C22H30ClNO4/c1-21(2,3)28-20(26)24-11-9-16(10-12-24)22(14-17(22)13-19(25)27-4)15-5-7-18(23)8-6-15/h5-8,16-17H,9-14H2,1-4H3/t17-,22-/m0/s1. The molecule has 1 aliphatic carbocycles. The monoisotopic (exact) mass is 407 g/mol. The van der Waals surface area contributed by atoms with Crippen molar-refractivity contribution in [3.8, 4) is 0 Å². The summed E-state index contributed by atoms with van der Waals surface area (Å²) in [7, 11) is 1.44. The van der Waals surface area contributed by atoms with E-state index >= 15 is 0 Å². The zero-order chi connectivity index (χ0) is 20.5. The molecule has 0 spiro atoms. The molecule has 1 saturated heterocycles. The van der Waals surface area contributed by atoms with Crippen LogP contribution in [0.1, 0.15) is 52.0 Å². The van der Waals surface area contributed by atoms with Crippen molar-refractivity contribution >= 4 is 23.7 Å². The van der Waals surface area contributed by atoms with Gasteiger partial charge in [0, 0.05) is 29.9 Å². The van der Waals surface area contributed by atoms with Crippen molar-refractivity contribution in [1.29, 1.82) is 0 Å². The number of hydrogen-bond acceptors (Lipinski definition) is 4. The molecule has 1 aromatic carbocycles. The molecule has 5 nitrogen and oxygen atoms in total. The zero-order valence-electron chi connectivity index (χ0n) is 17.2. The summed E-state index contributed by atoms with van der Waals surface area (Å²) in [4.78, 5) is 26.0. The molecular formula is C22H30ClNO4. The van der Waals surface area contributed by atoms with Crippen LogP contribution in [0.25, 0.3) is 0 Å². The average molecular weight is 408 g/mol. The summed E-state index contributed by atoms with van der Waals surface area (Å²) >= 11 is 6.09. The molecule has 0 N–H and O–H groups in total. The van der Waals surface area contributed by atoms with Crippen LogP contribution in [0.2, 0.25) is 5.02 Å². The highest BCUT2D eigenvalue weighted by Gasteiger charge is 2.60. The summed E-state index contributed by atoms with van der Waals surface area (Å²) in [6.45, 7) is 7.01. The summed E-state index contributed by atoms with van der Waals surface area (Å²) in [5, 5.41) is 0.712. The molecule has 1 amide bonds. The van der Waals surface area contributed by atoms with Crippen LogP contribution in [0.4, 0.5) is 4.79 Å². The van der Waals surface area contributed by atoms with Gasteiger partial charge in [0.25, 0.3) is 0 Å². The molecule has 2 fully saturated rings. The first kappa shape index (κ1) is 21.0. The minimum atomic E-state index is -0.486. The predicted octanol–water partition coefficient (Wildman–Crippen LogP) is 4.81. The highest BCUT2D eigenvalue weighted by Crippen LogP contribution is 2.63. The van der Waals surface area contributed by atoms with Crippen LogP contribution >= 0.6 is 11.6 Å². The molecule has 28 heavy (non-hydrogen) atoms. The number of rotatable bonds is 4. The quantitative estimate of drug-likeness (QED) is 0.672. The Morgan fingerprint density at radius 1 is 1.18 bits per heavy atom. The molecule has 0 radical (unpaired) electrons. The Morgan fingerprint density at radius 3 is 2.32 bits per heavy atom. The number of amides is 1. The highest BCUT2D eigenvalue weighted by atomic mass is 35.5. The maximum Gasteiger partial charge on any atom is 0.410 e. The van der Waals surface area contributed by atoms with E-state index in [0.717, 1.165) is 19.3 Å². The van der Waals surface area contributed by atoms with Gasteiger partial charge in [-0.05, 0) is 69.6 Å². The molecule has 2 aliphatic rings. The molecule has 1 heterocycles. The number of hydrogen-bond donors (Lipinski definition) is 0. The van der Waals surface area contributed by atoms with Crippen molar-refractivity contribution in [2.45, 2.75) is 57.5 Å². The van der Waals surface area contributed by atoms with Gasteiger partial charge < -0.3 is 14.4 Å². The number of likely N-dealkylation sites (tertiary alicyclic amines) is 1. The van der Waals surface area contributed by atoms with Gasteiger partial charge in [-0.3, -0.25) is 4.79 Å². The molecule has 1 aliphatic heterocycles. The second-order valence-electron chi connectivity index (χ2n) is 8.97. The molecular weight excluding hydrogens is 378 g/mol. The normalized spacial score (nSPS) is 25.3. The van der Waals surface area contributed by atoms with Crippen LogP contribution in [0.15, 0.2) is 24.3 Å². The number of ether oxygens (including phenoxy) is 2. The largest absolute Gasteiger partial charge is 0.469 e. The van der Waals surface area contributed by atoms with Gasteiger partial charge in [0.15, 0.2) is 0 Å². The number of esters is 1. The third-order valence-electron chi connectivity index (χ3n) is 6.05. The average Bonchev–Trinajstić information content (AvgIpc) is 3.35. The lowest BCUT2D eigenvalue weighted by Crippen LogP contribution is -2.44. The number of halogens is 1. The van der Waals surface area contributed by atoms with Gasteiger partial charge >= 0.3 is 12.1 Å². The molecule has 154 valence electrons. The zero-order valence-corrected chi connectivity index (χ0v) is 17.9. The number of methoxy groups -OCH3 is 1. The molecule has 1 saturated carbocycles. The van der Waals surface area contributed by atoms with Crippen LogP contribution in [-0.2, 0) is 19.7 Å². The third-order valence-corrected chi connectivity index (χ3v) is 6.30. The lowest BCUT2D eigenvalue weighted by atomic mass is 9.75. The van der Waals surface area contributed by atoms with E-state index in [1.54, 1.807) is 4.90 Å². The number of benzene rings is 1. The lowest BCUT2D eigenvalue weighted by molar-refractivity contribution is -0.141. The molecule has 0 unspecified atom stereocenters. The van der Waals surface area contributed by atoms with Gasteiger partial charge in [-0.1, -0.05) is 23.7 Å².